The van der Waals surface area contributed by atoms with Gasteiger partial charge in [0.1, 0.15) is 0 Å². The second-order valence-corrected chi connectivity index (χ2v) is 21.8. The third kappa shape index (κ3) is 34.7. The van der Waals surface area contributed by atoms with Gasteiger partial charge in [-0.3, -0.25) is 0 Å². The van der Waals surface area contributed by atoms with E-state index < -0.39 is 13.0 Å². The van der Waals surface area contributed by atoms with Crippen molar-refractivity contribution in [2.24, 2.45) is 0 Å². The van der Waals surface area contributed by atoms with Crippen LogP contribution >= 0.6 is 29.1 Å². The van der Waals surface area contributed by atoms with Crippen LogP contribution in [0.5, 0.6) is 0 Å². The number of halogens is 3. The molecule has 0 saturated carbocycles. The first kappa shape index (κ1) is 27.7. The first-order valence-electron chi connectivity index (χ1n) is 10.2. The Morgan fingerprint density at radius 3 is 1.04 bits per heavy atom. The van der Waals surface area contributed by atoms with Crippen LogP contribution in [0.3, 0.4) is 0 Å². The van der Waals surface area contributed by atoms with Gasteiger partial charge in [-0.05, 0) is 12.8 Å². The van der Waals surface area contributed by atoms with Gasteiger partial charge < -0.3 is 4.48 Å². The Bertz CT molecular complexity index is 230. The molecule has 0 atom stereocenters. The van der Waals surface area contributed by atoms with Gasteiger partial charge in [0.2, 0.25) is 0 Å². The number of rotatable bonds is 15. The number of hydrogen-bond acceptors (Lipinski definition) is 0. The van der Waals surface area contributed by atoms with Crippen LogP contribution in [-0.2, 0) is 13.0 Å². The molecule has 0 saturated heterocycles. The summed E-state index contributed by atoms with van der Waals surface area (Å²) >= 11 is -2.21. The first-order valence-corrected chi connectivity index (χ1v) is 21.9. The van der Waals surface area contributed by atoms with Gasteiger partial charge in [0.05, 0.1) is 27.7 Å². The summed E-state index contributed by atoms with van der Waals surface area (Å²) in [6, 6.07) is 0. The Kier molecular flexibility index (Phi) is 23.9. The van der Waals surface area contributed by atoms with Crippen LogP contribution in [0, 0.1) is 0 Å². The summed E-state index contributed by atoms with van der Waals surface area (Å²) in [7, 11) is 21.9. The molecular formula is C19H42Cl3NZn. The summed E-state index contributed by atoms with van der Waals surface area (Å²) in [4.78, 5) is 0. The van der Waals surface area contributed by atoms with Crippen molar-refractivity contribution in [1.82, 2.24) is 0 Å². The van der Waals surface area contributed by atoms with E-state index in [1.807, 2.05) is 0 Å². The Balaban J connectivity index is 0. The van der Waals surface area contributed by atoms with Crippen molar-refractivity contribution in [2.45, 2.75) is 96.8 Å². The molecule has 24 heavy (non-hydrogen) atoms. The summed E-state index contributed by atoms with van der Waals surface area (Å²) in [5.74, 6) is 0. The number of nitrogens with zero attached hydrogens (tertiary/aromatic N) is 1. The van der Waals surface area contributed by atoms with Crippen molar-refractivity contribution in [3.8, 4) is 0 Å². The zero-order valence-electron chi connectivity index (χ0n) is 16.9. The van der Waals surface area contributed by atoms with E-state index in [0.29, 0.717) is 0 Å². The molecule has 0 amide bonds. The molecular weight excluding hydrogens is 414 g/mol. The number of unbranched alkanes of at least 4 members (excludes halogenated alkanes) is 13. The van der Waals surface area contributed by atoms with Crippen molar-refractivity contribution < 1.29 is 17.5 Å². The molecule has 1 nitrogen and oxygen atoms in total. The second-order valence-electron chi connectivity index (χ2n) is 7.91. The maximum absolute atomic E-state index is 5.01. The fraction of sp³-hybridized carbons (Fsp3) is 1.00. The Morgan fingerprint density at radius 1 is 0.542 bits per heavy atom. The average Bonchev–Trinajstić information content (AvgIpc) is 2.46. The van der Waals surface area contributed by atoms with E-state index in [-0.39, 0.29) is 0 Å². The molecule has 0 spiro atoms. The van der Waals surface area contributed by atoms with Crippen molar-refractivity contribution >= 4 is 29.1 Å². The molecule has 0 fully saturated rings. The maximum atomic E-state index is 5.01. The van der Waals surface area contributed by atoms with Crippen molar-refractivity contribution in [1.29, 1.82) is 0 Å². The van der Waals surface area contributed by atoms with Crippen LogP contribution in [0.4, 0.5) is 0 Å². The van der Waals surface area contributed by atoms with Gasteiger partial charge in [-0.25, -0.2) is 0 Å². The summed E-state index contributed by atoms with van der Waals surface area (Å²) in [6.45, 7) is 3.63. The van der Waals surface area contributed by atoms with Gasteiger partial charge in [-0.1, -0.05) is 84.0 Å². The molecule has 0 heterocycles. The van der Waals surface area contributed by atoms with Crippen molar-refractivity contribution in [3.05, 3.63) is 0 Å². The summed E-state index contributed by atoms with van der Waals surface area (Å²) in [5.41, 5.74) is 0. The van der Waals surface area contributed by atoms with E-state index in [4.69, 9.17) is 29.1 Å². The van der Waals surface area contributed by atoms with Gasteiger partial charge in [-0.15, -0.1) is 0 Å². The predicted molar refractivity (Wildman–Crippen MR) is 111 cm³/mol. The third-order valence-corrected chi connectivity index (χ3v) is 4.18. The summed E-state index contributed by atoms with van der Waals surface area (Å²) < 4.78 is 1.12. The van der Waals surface area contributed by atoms with Crippen LogP contribution < -0.4 is 0 Å². The van der Waals surface area contributed by atoms with Crippen LogP contribution in [0.1, 0.15) is 96.8 Å². The normalized spacial score (nSPS) is 11.1. The van der Waals surface area contributed by atoms with E-state index in [1.54, 1.807) is 0 Å². The van der Waals surface area contributed by atoms with E-state index in [0.717, 1.165) is 4.48 Å². The third-order valence-electron chi connectivity index (χ3n) is 4.18. The Hall–Kier alpha value is 1.45. The Labute approximate surface area is 170 Å². The Morgan fingerprint density at radius 2 is 0.792 bits per heavy atom. The van der Waals surface area contributed by atoms with E-state index in [9.17, 15) is 0 Å². The minimum absolute atomic E-state index is 1.12. The van der Waals surface area contributed by atoms with Crippen molar-refractivity contribution in [3.63, 3.8) is 0 Å². The molecule has 0 aliphatic carbocycles. The van der Waals surface area contributed by atoms with Crippen LogP contribution in [0.25, 0.3) is 0 Å². The quantitative estimate of drug-likeness (QED) is 0.132. The number of quaternary nitrogens is 1. The van der Waals surface area contributed by atoms with Crippen LogP contribution in [0.15, 0.2) is 0 Å². The van der Waals surface area contributed by atoms with Crippen LogP contribution in [-0.4, -0.2) is 32.2 Å². The standard InChI is InChI=1S/C19H42N.3ClH.Zn/c1-5-6-7-8-9-10-11-12-13-14-15-16-17-18-19-20(2,3)4;;;;/h5-19H2,1-4H3;3*1H;/q+1;;;;+2/p-3. The van der Waals surface area contributed by atoms with Gasteiger partial charge in [0, 0.05) is 0 Å². The molecule has 146 valence electrons. The van der Waals surface area contributed by atoms with E-state index in [1.165, 1.54) is 96.4 Å². The fourth-order valence-electron chi connectivity index (χ4n) is 2.78. The van der Waals surface area contributed by atoms with Crippen molar-refractivity contribution in [2.75, 3.05) is 27.7 Å². The topological polar surface area (TPSA) is 0 Å². The monoisotopic (exact) mass is 453 g/mol. The molecule has 0 aromatic heterocycles. The molecule has 0 aliphatic rings. The number of hydrogen-bond donors (Lipinski definition) is 0. The molecule has 5 heteroatoms. The predicted octanol–water partition coefficient (Wildman–Crippen LogP) is 8.24. The SMILES string of the molecule is CCCCCCCCCCCCCCCC[N+](C)(C)C.[Cl][Zn-]([Cl])[Cl]. The molecule has 0 aliphatic heterocycles. The summed E-state index contributed by atoms with van der Waals surface area (Å²) in [6.07, 6.45) is 20.4. The van der Waals surface area contributed by atoms with Gasteiger partial charge >= 0.3 is 42.1 Å². The molecule has 0 unspecified atom stereocenters. The van der Waals surface area contributed by atoms with E-state index >= 15 is 0 Å². The molecule has 0 aromatic carbocycles. The minimum atomic E-state index is -2.21. The second kappa shape index (κ2) is 20.8. The average molecular weight is 456 g/mol. The first-order chi connectivity index (χ1) is 11.3. The van der Waals surface area contributed by atoms with Gasteiger partial charge in [0.15, 0.2) is 0 Å². The van der Waals surface area contributed by atoms with Gasteiger partial charge in [-0.2, -0.15) is 0 Å². The van der Waals surface area contributed by atoms with Crippen LogP contribution in [0.2, 0.25) is 0 Å². The fourth-order valence-corrected chi connectivity index (χ4v) is 2.78. The molecule has 0 radical (unpaired) electrons. The van der Waals surface area contributed by atoms with Gasteiger partial charge in [0.25, 0.3) is 0 Å². The van der Waals surface area contributed by atoms with E-state index in [2.05, 4.69) is 28.1 Å². The molecule has 0 bridgehead atoms. The molecule has 0 N–H and O–H groups in total. The summed E-state index contributed by atoms with van der Waals surface area (Å²) in [5, 5.41) is 0. The molecule has 0 aromatic rings. The zero-order valence-corrected chi connectivity index (χ0v) is 22.1. The molecule has 0 rings (SSSR count). The zero-order chi connectivity index (χ0) is 18.7.